The Morgan fingerprint density at radius 3 is 2.61 bits per heavy atom. The molecule has 1 atom stereocenters. The Bertz CT molecular complexity index is 513. The number of nitrogens with one attached hydrogen (secondary N) is 1. The number of rotatable bonds is 1. The molecule has 1 aliphatic heterocycles. The van der Waals surface area contributed by atoms with Gasteiger partial charge in [0, 0.05) is 5.69 Å². The van der Waals surface area contributed by atoms with Gasteiger partial charge in [-0.15, -0.1) is 0 Å². The molecule has 0 saturated carbocycles. The molecule has 0 radical (unpaired) electrons. The molecule has 7 heteroatoms. The molecule has 0 spiro atoms. The Hall–Kier alpha value is -1.69. The van der Waals surface area contributed by atoms with Gasteiger partial charge in [-0.25, -0.2) is 4.79 Å². The zero-order valence-corrected chi connectivity index (χ0v) is 9.55. The zero-order valence-electron chi connectivity index (χ0n) is 8.79. The molecule has 2 rings (SSSR count). The average molecular weight is 278 g/mol. The number of hydrogen-bond acceptors (Lipinski definition) is 3. The molecular formula is C11H7ClF3NO2. The van der Waals surface area contributed by atoms with Gasteiger partial charge >= 0.3 is 12.1 Å². The van der Waals surface area contributed by atoms with E-state index in [2.05, 4.69) is 9.61 Å². The summed E-state index contributed by atoms with van der Waals surface area (Å²) in [5.41, 5.74) is 0.192. The van der Waals surface area contributed by atoms with Crippen LogP contribution in [0, 0.1) is 0 Å². The van der Waals surface area contributed by atoms with Gasteiger partial charge < -0.3 is 9.61 Å². The van der Waals surface area contributed by atoms with Crippen LogP contribution in [0.4, 0.5) is 18.9 Å². The second-order valence-corrected chi connectivity index (χ2v) is 3.82. The Kier molecular flexibility index (Phi) is 3.21. The van der Waals surface area contributed by atoms with Crippen LogP contribution in [-0.4, -0.2) is 18.2 Å². The summed E-state index contributed by atoms with van der Waals surface area (Å²) in [5.74, 6) is -1.22. The van der Waals surface area contributed by atoms with Crippen LogP contribution in [0.5, 0.6) is 0 Å². The Morgan fingerprint density at radius 2 is 2.00 bits per heavy atom. The average Bonchev–Trinajstić information content (AvgIpc) is 2.35. The third kappa shape index (κ3) is 2.28. The molecule has 96 valence electrons. The van der Waals surface area contributed by atoms with Crippen LogP contribution in [0.25, 0.3) is 6.08 Å². The highest BCUT2D eigenvalue weighted by Crippen LogP contribution is 2.35. The number of carbonyl (C=O) groups is 1. The third-order valence-corrected chi connectivity index (χ3v) is 2.66. The van der Waals surface area contributed by atoms with Crippen LogP contribution in [-0.2, 0) is 9.08 Å². The van der Waals surface area contributed by atoms with Gasteiger partial charge in [-0.05, 0) is 17.7 Å². The first-order chi connectivity index (χ1) is 8.43. The molecule has 0 saturated heterocycles. The van der Waals surface area contributed by atoms with Crippen LogP contribution < -0.4 is 5.32 Å². The maximum Gasteiger partial charge on any atom is 0.413 e. The van der Waals surface area contributed by atoms with E-state index in [0.717, 1.165) is 6.08 Å². The van der Waals surface area contributed by atoms with Crippen molar-refractivity contribution < 1.29 is 22.3 Å². The molecule has 1 aromatic rings. The van der Waals surface area contributed by atoms with E-state index in [0.29, 0.717) is 11.3 Å². The maximum absolute atomic E-state index is 12.8. The lowest BCUT2D eigenvalue weighted by molar-refractivity contribution is -0.145. The van der Waals surface area contributed by atoms with Gasteiger partial charge in [0.15, 0.2) is 6.04 Å². The van der Waals surface area contributed by atoms with E-state index < -0.39 is 23.8 Å². The standard InChI is InChI=1S/C11H7ClF3NO2/c12-18-10(17)7-5-6-3-1-2-4-8(6)16-9(7)11(13,14)15/h1-5,9,16H/t9-/m0/s1. The fraction of sp³-hybridized carbons (Fsp3) is 0.182. The van der Waals surface area contributed by atoms with Crippen molar-refractivity contribution in [2.24, 2.45) is 0 Å². The molecular weight excluding hydrogens is 271 g/mol. The number of carbonyl (C=O) groups excluding carboxylic acids is 1. The smallest absolute Gasteiger partial charge is 0.370 e. The monoisotopic (exact) mass is 277 g/mol. The lowest BCUT2D eigenvalue weighted by atomic mass is 9.97. The van der Waals surface area contributed by atoms with E-state index in [9.17, 15) is 18.0 Å². The fourth-order valence-electron chi connectivity index (χ4n) is 1.72. The van der Waals surface area contributed by atoms with Gasteiger partial charge in [0.1, 0.15) is 11.9 Å². The van der Waals surface area contributed by atoms with Gasteiger partial charge in [-0.2, -0.15) is 13.2 Å². The lowest BCUT2D eigenvalue weighted by Gasteiger charge is -2.28. The molecule has 0 unspecified atom stereocenters. The maximum atomic E-state index is 12.8. The second kappa shape index (κ2) is 4.53. The van der Waals surface area contributed by atoms with Crippen molar-refractivity contribution in [2.75, 3.05) is 5.32 Å². The molecule has 0 aliphatic carbocycles. The first-order valence-electron chi connectivity index (χ1n) is 4.90. The zero-order chi connectivity index (χ0) is 13.3. The fourth-order valence-corrected chi connectivity index (χ4v) is 1.81. The number of benzene rings is 1. The van der Waals surface area contributed by atoms with Gasteiger partial charge in [-0.1, -0.05) is 18.2 Å². The predicted molar refractivity (Wildman–Crippen MR) is 59.8 cm³/mol. The first kappa shape index (κ1) is 12.8. The molecule has 1 aromatic carbocycles. The normalized spacial score (nSPS) is 18.4. The van der Waals surface area contributed by atoms with Crippen LogP contribution in [0.2, 0.25) is 0 Å². The van der Waals surface area contributed by atoms with Gasteiger partial charge in [0.2, 0.25) is 0 Å². The van der Waals surface area contributed by atoms with Crippen LogP contribution in [0.15, 0.2) is 29.8 Å². The highest BCUT2D eigenvalue weighted by Gasteiger charge is 2.46. The summed E-state index contributed by atoms with van der Waals surface area (Å²) >= 11 is 4.84. The number of alkyl halides is 3. The summed E-state index contributed by atoms with van der Waals surface area (Å²) in [6.45, 7) is 0. The molecule has 1 heterocycles. The summed E-state index contributed by atoms with van der Waals surface area (Å²) < 4.78 is 42.3. The van der Waals surface area contributed by atoms with Crippen molar-refractivity contribution in [2.45, 2.75) is 12.2 Å². The number of fused-ring (bicyclic) bond motifs is 1. The quantitative estimate of drug-likeness (QED) is 0.857. The van der Waals surface area contributed by atoms with Gasteiger partial charge in [0.25, 0.3) is 0 Å². The highest BCUT2D eigenvalue weighted by atomic mass is 35.5. The molecule has 1 aliphatic rings. The van der Waals surface area contributed by atoms with E-state index in [1.54, 1.807) is 18.2 Å². The minimum atomic E-state index is -4.62. The number of halogens is 4. The summed E-state index contributed by atoms with van der Waals surface area (Å²) in [6, 6.07) is 4.19. The SMILES string of the molecule is O=C(OCl)C1=Cc2ccccc2N[C@@H]1C(F)(F)F. The van der Waals surface area contributed by atoms with Crippen molar-refractivity contribution in [3.63, 3.8) is 0 Å². The molecule has 18 heavy (non-hydrogen) atoms. The second-order valence-electron chi connectivity index (χ2n) is 3.67. The first-order valence-corrected chi connectivity index (χ1v) is 5.21. The van der Waals surface area contributed by atoms with Crippen LogP contribution >= 0.6 is 11.9 Å². The van der Waals surface area contributed by atoms with Crippen molar-refractivity contribution in [1.82, 2.24) is 0 Å². The molecule has 0 aromatic heterocycles. The van der Waals surface area contributed by atoms with Crippen molar-refractivity contribution in [3.05, 3.63) is 35.4 Å². The van der Waals surface area contributed by atoms with E-state index in [4.69, 9.17) is 11.9 Å². The van der Waals surface area contributed by atoms with Gasteiger partial charge in [-0.3, -0.25) is 0 Å². The molecule has 1 N–H and O–H groups in total. The van der Waals surface area contributed by atoms with E-state index in [1.807, 2.05) is 0 Å². The molecule has 3 nitrogen and oxygen atoms in total. The van der Waals surface area contributed by atoms with Crippen LogP contribution in [0.1, 0.15) is 5.56 Å². The summed E-state index contributed by atoms with van der Waals surface area (Å²) in [5, 5.41) is 2.25. The van der Waals surface area contributed by atoms with Crippen molar-refractivity contribution in [1.29, 1.82) is 0 Å². The molecule has 0 bridgehead atoms. The summed E-state index contributed by atoms with van der Waals surface area (Å²) in [7, 11) is 0. The number of para-hydroxylation sites is 1. The Labute approximate surface area is 105 Å². The van der Waals surface area contributed by atoms with Crippen molar-refractivity contribution >= 4 is 29.6 Å². The number of anilines is 1. The lowest BCUT2D eigenvalue weighted by Crippen LogP contribution is -2.42. The van der Waals surface area contributed by atoms with E-state index >= 15 is 0 Å². The van der Waals surface area contributed by atoms with E-state index in [-0.39, 0.29) is 0 Å². The Balaban J connectivity index is 2.49. The minimum Gasteiger partial charge on any atom is -0.370 e. The number of hydrogen-bond donors (Lipinski definition) is 1. The molecule has 0 amide bonds. The van der Waals surface area contributed by atoms with Gasteiger partial charge in [0.05, 0.1) is 5.57 Å². The third-order valence-electron chi connectivity index (χ3n) is 2.52. The summed E-state index contributed by atoms with van der Waals surface area (Å²) in [4.78, 5) is 11.3. The minimum absolute atomic E-state index is 0.297. The predicted octanol–water partition coefficient (Wildman–Crippen LogP) is 3.12. The van der Waals surface area contributed by atoms with Crippen molar-refractivity contribution in [3.8, 4) is 0 Å². The van der Waals surface area contributed by atoms with E-state index in [1.165, 1.54) is 6.07 Å². The largest absolute Gasteiger partial charge is 0.413 e. The summed E-state index contributed by atoms with van der Waals surface area (Å²) in [6.07, 6.45) is -3.50. The topological polar surface area (TPSA) is 38.3 Å². The molecule has 0 fully saturated rings. The highest BCUT2D eigenvalue weighted by molar-refractivity contribution is 6.17. The Morgan fingerprint density at radius 1 is 1.33 bits per heavy atom. The van der Waals surface area contributed by atoms with Crippen LogP contribution in [0.3, 0.4) is 0 Å².